The van der Waals surface area contributed by atoms with Gasteiger partial charge in [0.2, 0.25) is 20.8 Å². The van der Waals surface area contributed by atoms with Crippen LogP contribution < -0.4 is 0 Å². The van der Waals surface area contributed by atoms with Gasteiger partial charge in [-0.15, -0.1) is 0 Å². The van der Waals surface area contributed by atoms with Crippen LogP contribution in [0.5, 0.6) is 0 Å². The Balaban J connectivity index is -0.00000124. The first-order chi connectivity index (χ1) is 33.0. The Labute approximate surface area is 461 Å². The van der Waals surface area contributed by atoms with Gasteiger partial charge in [0.05, 0.1) is 13.2 Å². The Morgan fingerprint density at radius 2 is 0.507 bits per heavy atom. The van der Waals surface area contributed by atoms with E-state index in [0.717, 1.165) is 38.5 Å². The largest absolute Gasteiger partial charge is 2.00 e. The molecular weight excluding hydrogens is 929 g/mol. The van der Waals surface area contributed by atoms with Crippen molar-refractivity contribution >= 4 is 58.5 Å². The van der Waals surface area contributed by atoms with E-state index in [2.05, 4.69) is 60.4 Å². The minimum Gasteiger partial charge on any atom is -0.726 e. The third kappa shape index (κ3) is 68.5. The summed E-state index contributed by atoms with van der Waals surface area (Å²) in [5, 5.41) is 0. The van der Waals surface area contributed by atoms with Gasteiger partial charge in [0.25, 0.3) is 0 Å². The summed E-state index contributed by atoms with van der Waals surface area (Å²) in [7, 11) is -9.22. The molecule has 11 heteroatoms. The fourth-order valence-corrected chi connectivity index (χ4v) is 9.71. The van der Waals surface area contributed by atoms with Gasteiger partial charge in [-0.25, -0.2) is 16.8 Å². The molecule has 0 amide bonds. The van der Waals surface area contributed by atoms with Crippen molar-refractivity contribution in [1.29, 1.82) is 0 Å². The van der Waals surface area contributed by atoms with Gasteiger partial charge in [-0.2, -0.15) is 0 Å². The molecule has 408 valence electrons. The maximum Gasteiger partial charge on any atom is 2.00 e. The molecule has 0 spiro atoms. The molecule has 69 heavy (non-hydrogen) atoms. The van der Waals surface area contributed by atoms with Crippen LogP contribution in [0.15, 0.2) is 24.3 Å². The van der Waals surface area contributed by atoms with Gasteiger partial charge in [-0.3, -0.25) is 8.37 Å². The van der Waals surface area contributed by atoms with Gasteiger partial charge in [-0.1, -0.05) is 309 Å². The summed E-state index contributed by atoms with van der Waals surface area (Å²) >= 11 is 0. The topological polar surface area (TPSA) is 133 Å². The average Bonchev–Trinajstić information content (AvgIpc) is 3.30. The molecule has 0 N–H and O–H groups in total. The van der Waals surface area contributed by atoms with Crippen molar-refractivity contribution in [3.05, 3.63) is 24.3 Å². The molecule has 0 rings (SSSR count). The van der Waals surface area contributed by atoms with Crippen molar-refractivity contribution in [2.75, 3.05) is 13.2 Å². The molecule has 0 bridgehead atoms. The van der Waals surface area contributed by atoms with Crippen molar-refractivity contribution in [2.24, 2.45) is 11.8 Å². The molecule has 0 aromatic heterocycles. The van der Waals surface area contributed by atoms with Crippen LogP contribution in [0.1, 0.15) is 323 Å². The van der Waals surface area contributed by atoms with Crippen LogP contribution in [0, 0.1) is 11.8 Å². The van der Waals surface area contributed by atoms with Crippen LogP contribution >= 0.6 is 0 Å². The zero-order chi connectivity index (χ0) is 50.3. The summed E-state index contributed by atoms with van der Waals surface area (Å²) in [6.07, 6.45) is 67.6. The molecule has 0 aromatic rings. The quantitative estimate of drug-likeness (QED) is 0.0193. The van der Waals surface area contributed by atoms with E-state index in [1.807, 2.05) is 0 Å². The van der Waals surface area contributed by atoms with Gasteiger partial charge in [0.15, 0.2) is 0 Å². The number of hydrogen-bond acceptors (Lipinski definition) is 8. The van der Waals surface area contributed by atoms with Crippen LogP contribution in [0.4, 0.5) is 0 Å². The average molecular weight is 1040 g/mol. The summed E-state index contributed by atoms with van der Waals surface area (Å²) in [4.78, 5) is 0. The van der Waals surface area contributed by atoms with E-state index in [-0.39, 0.29) is 62.8 Å². The van der Waals surface area contributed by atoms with Crippen LogP contribution in [-0.4, -0.2) is 76.9 Å². The molecular formula is C58H114CaO8S2. The first kappa shape index (κ1) is 73.7. The molecule has 0 heterocycles. The number of allylic oxidation sites excluding steroid dienone is 2. The Morgan fingerprint density at radius 1 is 0.319 bits per heavy atom. The second-order valence-electron chi connectivity index (χ2n) is 20.4. The van der Waals surface area contributed by atoms with Crippen molar-refractivity contribution in [2.45, 2.75) is 323 Å². The monoisotopic (exact) mass is 1040 g/mol. The molecule has 2 atom stereocenters. The Hall–Kier alpha value is 0.480. The second-order valence-corrected chi connectivity index (χ2v) is 22.5. The van der Waals surface area contributed by atoms with Gasteiger partial charge in [-0.05, 0) is 38.5 Å². The van der Waals surface area contributed by atoms with Crippen LogP contribution in [0.3, 0.4) is 0 Å². The predicted octanol–water partition coefficient (Wildman–Crippen LogP) is 18.9. The third-order valence-electron chi connectivity index (χ3n) is 13.5. The molecule has 0 saturated heterocycles. The smallest absolute Gasteiger partial charge is 0.726 e. The first-order valence-corrected chi connectivity index (χ1v) is 32.2. The zero-order valence-corrected chi connectivity index (χ0v) is 50.0. The Bertz CT molecular complexity index is 1160. The molecule has 0 aliphatic carbocycles. The maximum atomic E-state index is 10.8. The third-order valence-corrected chi connectivity index (χ3v) is 14.3. The summed E-state index contributed by atoms with van der Waals surface area (Å²) in [6, 6.07) is 0. The second kappa shape index (κ2) is 59.4. The molecule has 0 radical (unpaired) electrons. The predicted molar refractivity (Wildman–Crippen MR) is 297 cm³/mol. The summed E-state index contributed by atoms with van der Waals surface area (Å²) in [5.41, 5.74) is 0. The first-order valence-electron chi connectivity index (χ1n) is 29.5. The summed E-state index contributed by atoms with van der Waals surface area (Å²) in [6.45, 7) is 8.95. The van der Waals surface area contributed by atoms with E-state index in [9.17, 15) is 25.9 Å². The van der Waals surface area contributed by atoms with Crippen LogP contribution in [-0.2, 0) is 29.2 Å². The molecule has 0 saturated carbocycles. The molecule has 0 aliphatic rings. The van der Waals surface area contributed by atoms with Gasteiger partial charge < -0.3 is 9.11 Å². The van der Waals surface area contributed by atoms with Crippen molar-refractivity contribution < 1.29 is 34.3 Å². The van der Waals surface area contributed by atoms with Gasteiger partial charge in [0.1, 0.15) is 0 Å². The van der Waals surface area contributed by atoms with E-state index in [4.69, 9.17) is 0 Å². The van der Waals surface area contributed by atoms with E-state index < -0.39 is 20.8 Å². The van der Waals surface area contributed by atoms with Crippen LogP contribution in [0.25, 0.3) is 0 Å². The Kier molecular flexibility index (Phi) is 63.4. The van der Waals surface area contributed by atoms with E-state index in [1.165, 1.54) is 257 Å². The number of unbranched alkanes of at least 4 members (excludes halogenated alkanes) is 40. The van der Waals surface area contributed by atoms with Gasteiger partial charge in [0, 0.05) is 11.8 Å². The minimum atomic E-state index is -4.61. The fraction of sp³-hybridized carbons (Fsp3) is 0.931. The SMILES string of the molecule is CCCCCCC/C=C/C(CCCCCCCCCCCCCCCCCC)COS(=O)(=O)[O-].CCCCCCC/C=C/C(CCCCCCCCCCCCCCCCCC)COS(=O)(=O)[O-].[Ca+2]. The van der Waals surface area contributed by atoms with Crippen molar-refractivity contribution in [1.82, 2.24) is 0 Å². The van der Waals surface area contributed by atoms with E-state index in [0.29, 0.717) is 0 Å². The minimum absolute atomic E-state index is 0. The fourth-order valence-electron chi connectivity index (χ4n) is 9.03. The van der Waals surface area contributed by atoms with Crippen molar-refractivity contribution in [3.63, 3.8) is 0 Å². The molecule has 8 nitrogen and oxygen atoms in total. The summed E-state index contributed by atoms with van der Waals surface area (Å²) in [5.74, 6) is 0.0389. The van der Waals surface area contributed by atoms with E-state index in [1.54, 1.807) is 0 Å². The van der Waals surface area contributed by atoms with E-state index >= 15 is 0 Å². The maximum absolute atomic E-state index is 10.8. The zero-order valence-electron chi connectivity index (χ0n) is 46.2. The Morgan fingerprint density at radius 3 is 0.710 bits per heavy atom. The molecule has 0 aliphatic heterocycles. The molecule has 0 aromatic carbocycles. The normalized spacial score (nSPS) is 13.0. The van der Waals surface area contributed by atoms with Gasteiger partial charge >= 0.3 is 37.7 Å². The standard InChI is InChI=1S/2C29H58O4S.Ca/c2*1-3-5-7-9-11-12-13-14-15-16-17-18-19-21-23-25-27-29(28-33-34(30,31)32)26-24-22-20-10-8-6-4-2;/h2*24,26,29H,3-23,25,27-28H2,1-2H3,(H,30,31,32);/q;;+2/p-2/b2*26-24+;. The number of hydrogen-bond donors (Lipinski definition) is 0. The number of rotatable bonds is 54. The summed E-state index contributed by atoms with van der Waals surface area (Å²) < 4.78 is 74.1. The molecule has 0 fully saturated rings. The molecule has 2 unspecified atom stereocenters. The van der Waals surface area contributed by atoms with Crippen molar-refractivity contribution in [3.8, 4) is 0 Å². The van der Waals surface area contributed by atoms with Crippen LogP contribution in [0.2, 0.25) is 0 Å².